The van der Waals surface area contributed by atoms with Gasteiger partial charge in [0.25, 0.3) is 0 Å². The molecule has 1 fully saturated rings. The Balaban J connectivity index is 1.26. The van der Waals surface area contributed by atoms with Gasteiger partial charge in [-0.25, -0.2) is 9.50 Å². The van der Waals surface area contributed by atoms with Gasteiger partial charge in [-0.15, -0.1) is 0 Å². The van der Waals surface area contributed by atoms with E-state index in [1.165, 1.54) is 17.5 Å². The predicted molar refractivity (Wildman–Crippen MR) is 122 cm³/mol. The summed E-state index contributed by atoms with van der Waals surface area (Å²) in [5.41, 5.74) is 4.49. The van der Waals surface area contributed by atoms with E-state index in [1.54, 1.807) is 0 Å². The van der Waals surface area contributed by atoms with E-state index in [4.69, 9.17) is 10.1 Å². The first-order chi connectivity index (χ1) is 15.3. The van der Waals surface area contributed by atoms with Crippen LogP contribution in [0.5, 0.6) is 0 Å². The number of hydrogen-bond acceptors (Lipinski definition) is 5. The Morgan fingerprint density at radius 2 is 1.97 bits per heavy atom. The van der Waals surface area contributed by atoms with E-state index in [0.29, 0.717) is 5.92 Å². The highest BCUT2D eigenvalue weighted by molar-refractivity contribution is 5.49. The summed E-state index contributed by atoms with van der Waals surface area (Å²) in [6, 6.07) is 14.5. The zero-order chi connectivity index (χ0) is 21.0. The molecule has 1 aliphatic heterocycles. The monoisotopic (exact) mass is 415 g/mol. The van der Waals surface area contributed by atoms with E-state index >= 15 is 0 Å². The molecule has 31 heavy (non-hydrogen) atoms. The SMILES string of the molecule is CCn1cc(CN2CCC[C@@H](c3nc4ccc(NCc5ccccc5)cn4n3)C2)cn1. The number of rotatable bonds is 7. The molecule has 0 bridgehead atoms. The maximum atomic E-state index is 4.84. The highest BCUT2D eigenvalue weighted by Crippen LogP contribution is 2.26. The lowest BCUT2D eigenvalue weighted by atomic mass is 9.97. The first kappa shape index (κ1) is 19.8. The van der Waals surface area contributed by atoms with Crippen molar-refractivity contribution in [3.8, 4) is 0 Å². The number of hydrogen-bond donors (Lipinski definition) is 1. The number of pyridine rings is 1. The molecule has 0 saturated carbocycles. The van der Waals surface area contributed by atoms with Crippen molar-refractivity contribution in [1.82, 2.24) is 29.3 Å². The molecule has 0 radical (unpaired) electrons. The van der Waals surface area contributed by atoms with Gasteiger partial charge in [-0.2, -0.15) is 10.2 Å². The molecular weight excluding hydrogens is 386 g/mol. The van der Waals surface area contributed by atoms with Crippen LogP contribution in [0.15, 0.2) is 61.1 Å². The summed E-state index contributed by atoms with van der Waals surface area (Å²) in [4.78, 5) is 7.34. The van der Waals surface area contributed by atoms with Crippen LogP contribution in [-0.2, 0) is 19.6 Å². The van der Waals surface area contributed by atoms with E-state index in [1.807, 2.05) is 33.7 Å². The molecule has 1 aliphatic rings. The summed E-state index contributed by atoms with van der Waals surface area (Å²) < 4.78 is 3.90. The van der Waals surface area contributed by atoms with Crippen LogP contribution in [0.1, 0.15) is 42.6 Å². The second-order valence-electron chi connectivity index (χ2n) is 8.31. The first-order valence-electron chi connectivity index (χ1n) is 11.1. The Morgan fingerprint density at radius 3 is 2.81 bits per heavy atom. The summed E-state index contributed by atoms with van der Waals surface area (Å²) in [6.07, 6.45) is 8.48. The van der Waals surface area contributed by atoms with Crippen LogP contribution < -0.4 is 5.32 Å². The Hall–Kier alpha value is -3.19. The summed E-state index contributed by atoms with van der Waals surface area (Å²) in [6.45, 7) is 6.88. The number of nitrogens with one attached hydrogen (secondary N) is 1. The largest absolute Gasteiger partial charge is 0.380 e. The standard InChI is InChI=1S/C24H29N7/c1-2-30-16-20(14-26-30)15-29-12-6-9-21(17-29)24-27-23-11-10-22(18-31(23)28-24)25-13-19-7-4-3-5-8-19/h3-5,7-8,10-11,14,16,18,21,25H,2,6,9,12-13,15,17H2,1H3/t21-/m1/s1. The minimum atomic E-state index is 0.371. The van der Waals surface area contributed by atoms with E-state index in [9.17, 15) is 0 Å². The van der Waals surface area contributed by atoms with Crippen molar-refractivity contribution < 1.29 is 0 Å². The average molecular weight is 416 g/mol. The second-order valence-corrected chi connectivity index (χ2v) is 8.31. The van der Waals surface area contributed by atoms with Crippen molar-refractivity contribution in [2.45, 2.75) is 45.3 Å². The Morgan fingerprint density at radius 1 is 1.06 bits per heavy atom. The Kier molecular flexibility index (Phi) is 5.67. The molecule has 1 saturated heterocycles. The van der Waals surface area contributed by atoms with Crippen LogP contribution >= 0.6 is 0 Å². The van der Waals surface area contributed by atoms with Crippen LogP contribution in [0, 0.1) is 0 Å². The number of aromatic nitrogens is 5. The van der Waals surface area contributed by atoms with Gasteiger partial charge in [0.1, 0.15) is 0 Å². The third-order valence-electron chi connectivity index (χ3n) is 5.97. The van der Waals surface area contributed by atoms with Crippen molar-refractivity contribution in [3.05, 3.63) is 78.0 Å². The fraction of sp³-hybridized carbons (Fsp3) is 0.375. The number of piperidine rings is 1. The van der Waals surface area contributed by atoms with Crippen LogP contribution in [-0.4, -0.2) is 42.4 Å². The maximum Gasteiger partial charge on any atom is 0.156 e. The minimum Gasteiger partial charge on any atom is -0.380 e. The summed E-state index contributed by atoms with van der Waals surface area (Å²) in [5, 5.41) is 12.7. The van der Waals surface area contributed by atoms with Crippen molar-refractivity contribution in [1.29, 1.82) is 0 Å². The lowest BCUT2D eigenvalue weighted by Crippen LogP contribution is -2.34. The molecule has 1 atom stereocenters. The van der Waals surface area contributed by atoms with Gasteiger partial charge in [0.15, 0.2) is 11.5 Å². The molecule has 4 aromatic rings. The first-order valence-corrected chi connectivity index (χ1v) is 11.1. The predicted octanol–water partition coefficient (Wildman–Crippen LogP) is 3.94. The Bertz CT molecular complexity index is 1130. The number of benzene rings is 1. The van der Waals surface area contributed by atoms with Crippen LogP contribution in [0.3, 0.4) is 0 Å². The van der Waals surface area contributed by atoms with E-state index < -0.39 is 0 Å². The number of likely N-dealkylation sites (tertiary alicyclic amines) is 1. The van der Waals surface area contributed by atoms with E-state index in [-0.39, 0.29) is 0 Å². The normalized spacial score (nSPS) is 17.3. The number of anilines is 1. The van der Waals surface area contributed by atoms with Gasteiger partial charge in [0.2, 0.25) is 0 Å². The molecule has 1 aromatic carbocycles. The lowest BCUT2D eigenvalue weighted by Gasteiger charge is -2.30. The molecule has 1 N–H and O–H groups in total. The number of fused-ring (bicyclic) bond motifs is 1. The minimum absolute atomic E-state index is 0.371. The smallest absolute Gasteiger partial charge is 0.156 e. The van der Waals surface area contributed by atoms with Crippen LogP contribution in [0.25, 0.3) is 5.65 Å². The van der Waals surface area contributed by atoms with Crippen molar-refractivity contribution in [2.75, 3.05) is 18.4 Å². The molecule has 3 aromatic heterocycles. The maximum absolute atomic E-state index is 4.84. The third kappa shape index (κ3) is 4.61. The van der Waals surface area contributed by atoms with Crippen LogP contribution in [0.4, 0.5) is 5.69 Å². The molecule has 7 nitrogen and oxygen atoms in total. The molecule has 5 rings (SSSR count). The molecule has 0 spiro atoms. The molecule has 4 heterocycles. The third-order valence-corrected chi connectivity index (χ3v) is 5.97. The molecule has 7 heteroatoms. The summed E-state index contributed by atoms with van der Waals surface area (Å²) in [5.74, 6) is 1.32. The van der Waals surface area contributed by atoms with Crippen LogP contribution in [0.2, 0.25) is 0 Å². The zero-order valence-corrected chi connectivity index (χ0v) is 18.0. The molecular formula is C24H29N7. The van der Waals surface area contributed by atoms with Gasteiger partial charge in [0, 0.05) is 43.9 Å². The van der Waals surface area contributed by atoms with E-state index in [0.717, 1.165) is 56.3 Å². The highest BCUT2D eigenvalue weighted by atomic mass is 15.3. The van der Waals surface area contributed by atoms with Gasteiger partial charge in [-0.05, 0) is 44.0 Å². The Labute approximate surface area is 182 Å². The molecule has 0 unspecified atom stereocenters. The van der Waals surface area contributed by atoms with E-state index in [2.05, 4.69) is 58.8 Å². The summed E-state index contributed by atoms with van der Waals surface area (Å²) >= 11 is 0. The number of aryl methyl sites for hydroxylation is 1. The van der Waals surface area contributed by atoms with Crippen molar-refractivity contribution in [2.24, 2.45) is 0 Å². The fourth-order valence-electron chi connectivity index (χ4n) is 4.31. The molecule has 160 valence electrons. The molecule has 0 aliphatic carbocycles. The zero-order valence-electron chi connectivity index (χ0n) is 18.0. The quantitative estimate of drug-likeness (QED) is 0.495. The molecule has 0 amide bonds. The van der Waals surface area contributed by atoms with Gasteiger partial charge in [0.05, 0.1) is 18.1 Å². The fourth-order valence-corrected chi connectivity index (χ4v) is 4.31. The number of nitrogens with zero attached hydrogens (tertiary/aromatic N) is 6. The summed E-state index contributed by atoms with van der Waals surface area (Å²) in [7, 11) is 0. The van der Waals surface area contributed by atoms with Crippen molar-refractivity contribution in [3.63, 3.8) is 0 Å². The lowest BCUT2D eigenvalue weighted by molar-refractivity contribution is 0.196. The topological polar surface area (TPSA) is 63.3 Å². The average Bonchev–Trinajstić information content (AvgIpc) is 3.45. The second kappa shape index (κ2) is 8.89. The van der Waals surface area contributed by atoms with Gasteiger partial charge in [-0.1, -0.05) is 30.3 Å². The van der Waals surface area contributed by atoms with Gasteiger partial charge < -0.3 is 5.32 Å². The van der Waals surface area contributed by atoms with Crippen molar-refractivity contribution >= 4 is 11.3 Å². The highest BCUT2D eigenvalue weighted by Gasteiger charge is 2.25. The van der Waals surface area contributed by atoms with Gasteiger partial charge >= 0.3 is 0 Å². The van der Waals surface area contributed by atoms with Gasteiger partial charge in [-0.3, -0.25) is 9.58 Å².